The third kappa shape index (κ3) is 5.25. The predicted octanol–water partition coefficient (Wildman–Crippen LogP) is 3.22. The summed E-state index contributed by atoms with van der Waals surface area (Å²) < 4.78 is 12.1. The van der Waals surface area contributed by atoms with Crippen molar-refractivity contribution in [2.24, 2.45) is 5.92 Å². The Bertz CT molecular complexity index is 992. The van der Waals surface area contributed by atoms with Gasteiger partial charge in [-0.2, -0.15) is 0 Å². The molecule has 2 aliphatic heterocycles. The lowest BCUT2D eigenvalue weighted by molar-refractivity contribution is -0.143. The number of hydrogen-bond acceptors (Lipinski definition) is 5. The Morgan fingerprint density at radius 2 is 1.88 bits per heavy atom. The summed E-state index contributed by atoms with van der Waals surface area (Å²) in [5, 5.41) is 0. The van der Waals surface area contributed by atoms with E-state index in [-0.39, 0.29) is 36.4 Å². The molecule has 1 aliphatic carbocycles. The number of benzene rings is 1. The number of pyridine rings is 1. The van der Waals surface area contributed by atoms with E-state index in [1.165, 1.54) is 6.42 Å². The summed E-state index contributed by atoms with van der Waals surface area (Å²) in [6.07, 6.45) is 7.71. The van der Waals surface area contributed by atoms with Crippen molar-refractivity contribution in [3.8, 4) is 5.75 Å². The van der Waals surface area contributed by atoms with E-state index in [2.05, 4.69) is 4.98 Å². The molecule has 2 fully saturated rings. The van der Waals surface area contributed by atoms with Gasteiger partial charge in [-0.25, -0.2) is 0 Å². The molecule has 0 bridgehead atoms. The SMILES string of the molecule is O=C(C1COc2ccccc2C1)N1CC(=O)N(C2CCCCC2)CC(OCc2ccccn2)C1. The Labute approximate surface area is 201 Å². The van der Waals surface area contributed by atoms with Crippen LogP contribution in [0.15, 0.2) is 48.7 Å². The van der Waals surface area contributed by atoms with E-state index in [9.17, 15) is 9.59 Å². The predicted molar refractivity (Wildman–Crippen MR) is 127 cm³/mol. The molecule has 1 saturated heterocycles. The number of para-hydroxylation sites is 1. The molecule has 5 rings (SSSR count). The van der Waals surface area contributed by atoms with E-state index in [0.717, 1.165) is 42.7 Å². The maximum Gasteiger partial charge on any atom is 0.242 e. The maximum atomic E-state index is 13.6. The van der Waals surface area contributed by atoms with Crippen LogP contribution in [0.1, 0.15) is 43.4 Å². The number of nitrogens with zero attached hydrogens (tertiary/aromatic N) is 3. The first-order valence-corrected chi connectivity index (χ1v) is 12.5. The molecular weight excluding hydrogens is 430 g/mol. The summed E-state index contributed by atoms with van der Waals surface area (Å²) in [5.41, 5.74) is 1.89. The smallest absolute Gasteiger partial charge is 0.242 e. The van der Waals surface area contributed by atoms with Gasteiger partial charge >= 0.3 is 0 Å². The van der Waals surface area contributed by atoms with Gasteiger partial charge in [0.25, 0.3) is 0 Å². The fraction of sp³-hybridized carbons (Fsp3) is 0.519. The molecule has 7 heteroatoms. The van der Waals surface area contributed by atoms with Crippen LogP contribution in [0.2, 0.25) is 0 Å². The van der Waals surface area contributed by atoms with Crippen LogP contribution in [0.3, 0.4) is 0 Å². The van der Waals surface area contributed by atoms with E-state index >= 15 is 0 Å². The number of aromatic nitrogens is 1. The van der Waals surface area contributed by atoms with Crippen molar-refractivity contribution in [1.29, 1.82) is 0 Å². The zero-order chi connectivity index (χ0) is 23.3. The van der Waals surface area contributed by atoms with Gasteiger partial charge in [0.2, 0.25) is 11.8 Å². The Morgan fingerprint density at radius 1 is 1.06 bits per heavy atom. The van der Waals surface area contributed by atoms with Gasteiger partial charge < -0.3 is 19.3 Å². The fourth-order valence-electron chi connectivity index (χ4n) is 5.39. The molecular formula is C27H33N3O4. The van der Waals surface area contributed by atoms with E-state index in [0.29, 0.717) is 32.7 Å². The average molecular weight is 464 g/mol. The minimum atomic E-state index is -0.291. The van der Waals surface area contributed by atoms with Crippen LogP contribution in [0.4, 0.5) is 0 Å². The Hall–Kier alpha value is -2.93. The zero-order valence-corrected chi connectivity index (χ0v) is 19.6. The van der Waals surface area contributed by atoms with Crippen LogP contribution in [-0.2, 0) is 27.4 Å². The lowest BCUT2D eigenvalue weighted by Crippen LogP contribution is -2.47. The summed E-state index contributed by atoms with van der Waals surface area (Å²) in [6, 6.07) is 13.8. The van der Waals surface area contributed by atoms with Crippen LogP contribution in [0.25, 0.3) is 0 Å². The van der Waals surface area contributed by atoms with E-state index in [1.54, 1.807) is 11.1 Å². The minimum Gasteiger partial charge on any atom is -0.492 e. The van der Waals surface area contributed by atoms with Crippen molar-refractivity contribution in [2.45, 2.75) is 57.3 Å². The molecule has 3 heterocycles. The standard InChI is InChI=1S/C27H33N3O4/c31-26-17-29(27(32)21-14-20-8-4-5-12-25(20)34-18-21)15-24(33-19-22-9-6-7-13-28-22)16-30(26)23-10-2-1-3-11-23/h4-9,12-13,21,23-24H,1-3,10-11,14-19H2. The van der Waals surface area contributed by atoms with Crippen LogP contribution >= 0.6 is 0 Å². The Kier molecular flexibility index (Phi) is 7.09. The highest BCUT2D eigenvalue weighted by atomic mass is 16.5. The number of rotatable bonds is 5. The highest BCUT2D eigenvalue weighted by Crippen LogP contribution is 2.29. The lowest BCUT2D eigenvalue weighted by Gasteiger charge is -2.34. The van der Waals surface area contributed by atoms with Crippen LogP contribution < -0.4 is 4.74 Å². The van der Waals surface area contributed by atoms with Gasteiger partial charge in [-0.3, -0.25) is 14.6 Å². The molecule has 2 amide bonds. The van der Waals surface area contributed by atoms with Gasteiger partial charge in [0, 0.05) is 25.3 Å². The first-order valence-electron chi connectivity index (χ1n) is 12.5. The molecule has 0 radical (unpaired) electrons. The molecule has 34 heavy (non-hydrogen) atoms. The zero-order valence-electron chi connectivity index (χ0n) is 19.6. The summed E-state index contributed by atoms with van der Waals surface area (Å²) in [5.74, 6) is 0.556. The molecule has 180 valence electrons. The van der Waals surface area contributed by atoms with Crippen molar-refractivity contribution >= 4 is 11.8 Å². The van der Waals surface area contributed by atoms with Crippen molar-refractivity contribution in [3.05, 3.63) is 59.9 Å². The second-order valence-electron chi connectivity index (χ2n) is 9.63. The largest absolute Gasteiger partial charge is 0.492 e. The molecule has 1 aromatic heterocycles. The molecule has 2 atom stereocenters. The molecule has 0 N–H and O–H groups in total. The van der Waals surface area contributed by atoms with Gasteiger partial charge in [-0.1, -0.05) is 43.5 Å². The Morgan fingerprint density at radius 3 is 2.71 bits per heavy atom. The average Bonchev–Trinajstić information content (AvgIpc) is 3.06. The second-order valence-corrected chi connectivity index (χ2v) is 9.63. The summed E-state index contributed by atoms with van der Waals surface area (Å²) in [7, 11) is 0. The minimum absolute atomic E-state index is 0.0280. The molecule has 0 spiro atoms. The molecule has 2 aromatic rings. The number of amides is 2. The Balaban J connectivity index is 1.32. The quantitative estimate of drug-likeness (QED) is 0.681. The van der Waals surface area contributed by atoms with Crippen molar-refractivity contribution in [1.82, 2.24) is 14.8 Å². The highest BCUT2D eigenvalue weighted by Gasteiger charge is 2.37. The van der Waals surface area contributed by atoms with Crippen LogP contribution in [0.5, 0.6) is 5.75 Å². The fourth-order valence-corrected chi connectivity index (χ4v) is 5.39. The molecule has 1 aromatic carbocycles. The summed E-state index contributed by atoms with van der Waals surface area (Å²) in [6.45, 7) is 1.73. The number of ether oxygens (including phenoxy) is 2. The number of carbonyl (C=O) groups excluding carboxylic acids is 2. The highest BCUT2D eigenvalue weighted by molar-refractivity contribution is 5.87. The van der Waals surface area contributed by atoms with Crippen LogP contribution in [-0.4, -0.2) is 65.0 Å². The van der Waals surface area contributed by atoms with E-state index in [1.807, 2.05) is 47.4 Å². The van der Waals surface area contributed by atoms with Crippen molar-refractivity contribution < 1.29 is 19.1 Å². The molecule has 1 saturated carbocycles. The summed E-state index contributed by atoms with van der Waals surface area (Å²) in [4.78, 5) is 35.0. The third-order valence-corrected chi connectivity index (χ3v) is 7.22. The van der Waals surface area contributed by atoms with Gasteiger partial charge in [-0.05, 0) is 43.0 Å². The molecule has 3 aliphatic rings. The first kappa shape index (κ1) is 22.8. The topological polar surface area (TPSA) is 72.0 Å². The lowest BCUT2D eigenvalue weighted by atomic mass is 9.94. The first-order chi connectivity index (χ1) is 16.7. The van der Waals surface area contributed by atoms with Gasteiger partial charge in [0.15, 0.2) is 0 Å². The van der Waals surface area contributed by atoms with Gasteiger partial charge in [-0.15, -0.1) is 0 Å². The third-order valence-electron chi connectivity index (χ3n) is 7.22. The number of fused-ring (bicyclic) bond motifs is 1. The normalized spacial score (nSPS) is 23.7. The summed E-state index contributed by atoms with van der Waals surface area (Å²) >= 11 is 0. The van der Waals surface area contributed by atoms with Crippen molar-refractivity contribution in [2.75, 3.05) is 26.2 Å². The monoisotopic (exact) mass is 463 g/mol. The van der Waals surface area contributed by atoms with E-state index < -0.39 is 0 Å². The van der Waals surface area contributed by atoms with Gasteiger partial charge in [0.05, 0.1) is 30.9 Å². The molecule has 7 nitrogen and oxygen atoms in total. The second kappa shape index (κ2) is 10.6. The number of carbonyl (C=O) groups is 2. The van der Waals surface area contributed by atoms with Crippen molar-refractivity contribution in [3.63, 3.8) is 0 Å². The van der Waals surface area contributed by atoms with Crippen LogP contribution in [0, 0.1) is 5.92 Å². The number of hydrogen-bond donors (Lipinski definition) is 0. The van der Waals surface area contributed by atoms with E-state index in [4.69, 9.17) is 9.47 Å². The van der Waals surface area contributed by atoms with Gasteiger partial charge in [0.1, 0.15) is 12.4 Å². The molecule has 2 unspecified atom stereocenters. The maximum absolute atomic E-state index is 13.6.